The van der Waals surface area contributed by atoms with Gasteiger partial charge in [0.05, 0.1) is 6.61 Å². The van der Waals surface area contributed by atoms with Gasteiger partial charge in [-0.05, 0) is 47.7 Å². The molecule has 0 radical (unpaired) electrons. The van der Waals surface area contributed by atoms with Gasteiger partial charge in [0, 0.05) is 4.47 Å². The summed E-state index contributed by atoms with van der Waals surface area (Å²) in [5.74, 6) is 0. The summed E-state index contributed by atoms with van der Waals surface area (Å²) < 4.78 is 1.11. The predicted octanol–water partition coefficient (Wildman–Crippen LogP) is 4.23. The van der Waals surface area contributed by atoms with E-state index in [-0.39, 0.29) is 6.61 Å². The highest BCUT2D eigenvalue weighted by Gasteiger charge is 2.08. The van der Waals surface area contributed by atoms with Crippen molar-refractivity contribution in [2.45, 2.75) is 20.5 Å². The maximum Gasteiger partial charge on any atom is 0.0687 e. The minimum Gasteiger partial charge on any atom is -0.392 e. The molecular weight excluding hydrogens is 276 g/mol. The largest absolute Gasteiger partial charge is 0.392 e. The molecule has 0 saturated carbocycles. The number of halogens is 1. The molecule has 0 aliphatic carbocycles. The molecule has 2 aromatic carbocycles. The average molecular weight is 291 g/mol. The normalized spacial score (nSPS) is 10.6. The van der Waals surface area contributed by atoms with Gasteiger partial charge in [-0.15, -0.1) is 0 Å². The lowest BCUT2D eigenvalue weighted by Gasteiger charge is -2.12. The van der Waals surface area contributed by atoms with Crippen molar-refractivity contribution < 1.29 is 5.11 Å². The number of aliphatic hydroxyl groups excluding tert-OH is 1. The van der Waals surface area contributed by atoms with Crippen LogP contribution in [-0.2, 0) is 6.61 Å². The Morgan fingerprint density at radius 3 is 2.47 bits per heavy atom. The van der Waals surface area contributed by atoms with Crippen molar-refractivity contribution in [1.29, 1.82) is 0 Å². The van der Waals surface area contributed by atoms with E-state index in [1.54, 1.807) is 0 Å². The van der Waals surface area contributed by atoms with Crippen LogP contribution in [0.5, 0.6) is 0 Å². The third-order valence-corrected chi connectivity index (χ3v) is 3.87. The fraction of sp³-hybridized carbons (Fsp3) is 0.200. The molecule has 0 aliphatic rings. The lowest BCUT2D eigenvalue weighted by molar-refractivity contribution is 0.282. The maximum atomic E-state index is 9.42. The zero-order valence-corrected chi connectivity index (χ0v) is 11.6. The molecule has 0 bridgehead atoms. The van der Waals surface area contributed by atoms with Crippen LogP contribution in [0.25, 0.3) is 11.1 Å². The number of hydrogen-bond donors (Lipinski definition) is 1. The molecule has 0 heterocycles. The van der Waals surface area contributed by atoms with Gasteiger partial charge in [0.15, 0.2) is 0 Å². The van der Waals surface area contributed by atoms with Crippen LogP contribution in [0, 0.1) is 13.8 Å². The second-order valence-electron chi connectivity index (χ2n) is 4.23. The molecule has 2 heteroatoms. The molecule has 0 amide bonds. The van der Waals surface area contributed by atoms with Crippen LogP contribution in [-0.4, -0.2) is 5.11 Å². The minimum atomic E-state index is 0.0755. The van der Waals surface area contributed by atoms with Gasteiger partial charge in [0.1, 0.15) is 0 Å². The van der Waals surface area contributed by atoms with Gasteiger partial charge in [-0.3, -0.25) is 0 Å². The van der Waals surface area contributed by atoms with E-state index < -0.39 is 0 Å². The molecule has 1 N–H and O–H groups in total. The van der Waals surface area contributed by atoms with E-state index in [1.165, 1.54) is 11.1 Å². The predicted molar refractivity (Wildman–Crippen MR) is 75.0 cm³/mol. The summed E-state index contributed by atoms with van der Waals surface area (Å²) in [5.41, 5.74) is 5.68. The fourth-order valence-electron chi connectivity index (χ4n) is 2.07. The number of hydrogen-bond acceptors (Lipinski definition) is 1. The van der Waals surface area contributed by atoms with E-state index in [2.05, 4.69) is 54.0 Å². The van der Waals surface area contributed by atoms with Crippen molar-refractivity contribution in [1.82, 2.24) is 0 Å². The molecule has 1 nitrogen and oxygen atoms in total. The molecule has 0 aliphatic heterocycles. The third kappa shape index (κ3) is 2.43. The lowest BCUT2D eigenvalue weighted by Crippen LogP contribution is -1.93. The molecule has 17 heavy (non-hydrogen) atoms. The van der Waals surface area contributed by atoms with Gasteiger partial charge in [0.2, 0.25) is 0 Å². The molecule has 0 unspecified atom stereocenters. The summed E-state index contributed by atoms with van der Waals surface area (Å²) in [4.78, 5) is 0. The van der Waals surface area contributed by atoms with Gasteiger partial charge in [0.25, 0.3) is 0 Å². The van der Waals surface area contributed by atoms with Crippen molar-refractivity contribution in [2.75, 3.05) is 0 Å². The first-order chi connectivity index (χ1) is 8.13. The first-order valence-electron chi connectivity index (χ1n) is 5.59. The summed E-state index contributed by atoms with van der Waals surface area (Å²) in [6.45, 7) is 4.22. The highest BCUT2D eigenvalue weighted by Crippen LogP contribution is 2.30. The molecule has 0 aromatic heterocycles. The third-order valence-electron chi connectivity index (χ3n) is 2.98. The maximum absolute atomic E-state index is 9.42. The summed E-state index contributed by atoms with van der Waals surface area (Å²) in [7, 11) is 0. The monoisotopic (exact) mass is 290 g/mol. The van der Waals surface area contributed by atoms with E-state index in [0.29, 0.717) is 0 Å². The Labute approximate surface area is 110 Å². The van der Waals surface area contributed by atoms with Crippen LogP contribution in [0.4, 0.5) is 0 Å². The van der Waals surface area contributed by atoms with Crippen molar-refractivity contribution in [3.8, 4) is 11.1 Å². The van der Waals surface area contributed by atoms with Gasteiger partial charge in [-0.2, -0.15) is 0 Å². The Hall–Kier alpha value is -1.12. The van der Waals surface area contributed by atoms with E-state index in [9.17, 15) is 5.11 Å². The smallest absolute Gasteiger partial charge is 0.0687 e. The van der Waals surface area contributed by atoms with Crippen LogP contribution < -0.4 is 0 Å². The molecule has 0 atom stereocenters. The zero-order chi connectivity index (χ0) is 12.4. The van der Waals surface area contributed by atoms with Crippen molar-refractivity contribution >= 4 is 15.9 Å². The van der Waals surface area contributed by atoms with Crippen LogP contribution in [0.1, 0.15) is 16.7 Å². The molecule has 2 aromatic rings. The number of aryl methyl sites for hydroxylation is 2. The fourth-order valence-corrected chi connectivity index (χ4v) is 2.32. The summed E-state index contributed by atoms with van der Waals surface area (Å²) in [6, 6.07) is 12.3. The second kappa shape index (κ2) is 5.03. The quantitative estimate of drug-likeness (QED) is 0.878. The first-order valence-corrected chi connectivity index (χ1v) is 6.38. The van der Waals surface area contributed by atoms with Gasteiger partial charge >= 0.3 is 0 Å². The molecule has 0 saturated heterocycles. The average Bonchev–Trinajstić information content (AvgIpc) is 2.32. The Balaban J connectivity index is 2.63. The molecule has 2 rings (SSSR count). The molecule has 88 valence electrons. The number of aliphatic hydroxyl groups is 1. The van der Waals surface area contributed by atoms with Crippen LogP contribution in [0.3, 0.4) is 0 Å². The summed E-state index contributed by atoms with van der Waals surface area (Å²) in [6.07, 6.45) is 0. The van der Waals surface area contributed by atoms with E-state index in [4.69, 9.17) is 0 Å². The van der Waals surface area contributed by atoms with Gasteiger partial charge in [-0.1, -0.05) is 46.3 Å². The highest BCUT2D eigenvalue weighted by molar-refractivity contribution is 9.10. The van der Waals surface area contributed by atoms with Crippen LogP contribution in [0.2, 0.25) is 0 Å². The number of rotatable bonds is 2. The van der Waals surface area contributed by atoms with E-state index in [1.807, 2.05) is 12.1 Å². The first kappa shape index (κ1) is 12.3. The second-order valence-corrected chi connectivity index (χ2v) is 5.09. The Bertz CT molecular complexity index is 547. The molecular formula is C15H15BrO. The lowest BCUT2D eigenvalue weighted by atomic mass is 9.94. The Morgan fingerprint density at radius 2 is 1.82 bits per heavy atom. The standard InChI is InChI=1S/C15H15BrO/c1-10-4-3-5-13(9-17)15(10)12-6-7-14(16)11(2)8-12/h3-8,17H,9H2,1-2H3. The molecule has 0 spiro atoms. The highest BCUT2D eigenvalue weighted by atomic mass is 79.9. The van der Waals surface area contributed by atoms with E-state index in [0.717, 1.165) is 21.2 Å². The topological polar surface area (TPSA) is 20.2 Å². The minimum absolute atomic E-state index is 0.0755. The zero-order valence-electron chi connectivity index (χ0n) is 10.00. The van der Waals surface area contributed by atoms with Gasteiger partial charge < -0.3 is 5.11 Å². The van der Waals surface area contributed by atoms with Crippen molar-refractivity contribution in [2.24, 2.45) is 0 Å². The number of benzene rings is 2. The van der Waals surface area contributed by atoms with Gasteiger partial charge in [-0.25, -0.2) is 0 Å². The van der Waals surface area contributed by atoms with Crippen LogP contribution >= 0.6 is 15.9 Å². The Morgan fingerprint density at radius 1 is 1.06 bits per heavy atom. The molecule has 0 fully saturated rings. The van der Waals surface area contributed by atoms with Crippen molar-refractivity contribution in [3.63, 3.8) is 0 Å². The summed E-state index contributed by atoms with van der Waals surface area (Å²) >= 11 is 3.51. The summed E-state index contributed by atoms with van der Waals surface area (Å²) in [5, 5.41) is 9.42. The SMILES string of the molecule is Cc1cc(-c2c(C)cccc2CO)ccc1Br. The Kier molecular flexibility index (Phi) is 3.65. The van der Waals surface area contributed by atoms with Crippen molar-refractivity contribution in [3.05, 3.63) is 57.6 Å². The van der Waals surface area contributed by atoms with E-state index >= 15 is 0 Å². The van der Waals surface area contributed by atoms with Crippen LogP contribution in [0.15, 0.2) is 40.9 Å².